The molecule has 0 amide bonds. The van der Waals surface area contributed by atoms with Crippen LogP contribution < -0.4 is 5.32 Å². The highest BCUT2D eigenvalue weighted by molar-refractivity contribution is 7.99. The summed E-state index contributed by atoms with van der Waals surface area (Å²) in [5.41, 5.74) is 1.02. The number of benzene rings is 1. The predicted molar refractivity (Wildman–Crippen MR) is 74.1 cm³/mol. The van der Waals surface area contributed by atoms with Crippen molar-refractivity contribution in [1.82, 2.24) is 5.32 Å². The summed E-state index contributed by atoms with van der Waals surface area (Å²) in [5, 5.41) is 3.77. The lowest BCUT2D eigenvalue weighted by molar-refractivity contribution is 0.556. The maximum atomic E-state index is 13.8. The van der Waals surface area contributed by atoms with Gasteiger partial charge in [-0.1, -0.05) is 26.8 Å². The Labute approximate surface area is 108 Å². The van der Waals surface area contributed by atoms with Crippen molar-refractivity contribution in [3.8, 4) is 0 Å². The molecule has 0 aliphatic rings. The Morgan fingerprint density at radius 2 is 2.00 bits per heavy atom. The lowest BCUT2D eigenvalue weighted by atomic mass is 10.1. The summed E-state index contributed by atoms with van der Waals surface area (Å²) in [6.07, 6.45) is 1.09. The molecular weight excluding hydrogens is 233 g/mol. The minimum absolute atomic E-state index is 0.105. The Kier molecular flexibility index (Phi) is 6.00. The van der Waals surface area contributed by atoms with Gasteiger partial charge in [-0.2, -0.15) is 0 Å². The van der Waals surface area contributed by atoms with E-state index in [1.54, 1.807) is 17.8 Å². The van der Waals surface area contributed by atoms with Crippen LogP contribution in [-0.2, 0) is 0 Å². The maximum absolute atomic E-state index is 13.8. The zero-order valence-electron chi connectivity index (χ0n) is 11.1. The van der Waals surface area contributed by atoms with Crippen molar-refractivity contribution in [2.75, 3.05) is 6.54 Å². The van der Waals surface area contributed by atoms with Gasteiger partial charge in [0.1, 0.15) is 5.82 Å². The predicted octanol–water partition coefficient (Wildman–Crippen LogP) is 4.39. The molecule has 0 aliphatic heterocycles. The molecule has 1 rings (SSSR count). The van der Waals surface area contributed by atoms with Crippen molar-refractivity contribution in [3.05, 3.63) is 29.6 Å². The van der Waals surface area contributed by atoms with Crippen LogP contribution in [-0.4, -0.2) is 11.8 Å². The molecule has 0 bridgehead atoms. The van der Waals surface area contributed by atoms with Crippen LogP contribution in [0.5, 0.6) is 0 Å². The smallest absolute Gasteiger partial charge is 0.137 e. The summed E-state index contributed by atoms with van der Waals surface area (Å²) in [6.45, 7) is 9.31. The molecule has 3 heteroatoms. The fraction of sp³-hybridized carbons (Fsp3) is 0.571. The third-order valence-electron chi connectivity index (χ3n) is 2.52. The molecule has 0 fully saturated rings. The van der Waals surface area contributed by atoms with E-state index in [0.717, 1.165) is 23.4 Å². The van der Waals surface area contributed by atoms with Crippen molar-refractivity contribution >= 4 is 11.8 Å². The third-order valence-corrected chi connectivity index (χ3v) is 3.58. The normalized spacial score (nSPS) is 13.1. The second-order valence-electron chi connectivity index (χ2n) is 4.53. The number of hydrogen-bond acceptors (Lipinski definition) is 2. The zero-order valence-corrected chi connectivity index (χ0v) is 11.9. The van der Waals surface area contributed by atoms with Crippen LogP contribution in [0, 0.1) is 5.82 Å². The van der Waals surface area contributed by atoms with Gasteiger partial charge in [0.25, 0.3) is 0 Å². The molecule has 17 heavy (non-hydrogen) atoms. The van der Waals surface area contributed by atoms with E-state index in [4.69, 9.17) is 0 Å². The van der Waals surface area contributed by atoms with Crippen LogP contribution in [0.3, 0.4) is 0 Å². The number of rotatable bonds is 6. The Bertz CT molecular complexity index is 352. The van der Waals surface area contributed by atoms with Crippen molar-refractivity contribution < 1.29 is 4.39 Å². The first-order chi connectivity index (χ1) is 8.04. The van der Waals surface area contributed by atoms with Gasteiger partial charge in [-0.3, -0.25) is 0 Å². The quantitative estimate of drug-likeness (QED) is 0.757. The van der Waals surface area contributed by atoms with Crippen molar-refractivity contribution in [1.29, 1.82) is 0 Å². The average Bonchev–Trinajstić information content (AvgIpc) is 2.28. The van der Waals surface area contributed by atoms with E-state index in [9.17, 15) is 4.39 Å². The van der Waals surface area contributed by atoms with Gasteiger partial charge in [0.2, 0.25) is 0 Å². The summed E-state index contributed by atoms with van der Waals surface area (Å²) >= 11 is 1.57. The molecule has 1 N–H and O–H groups in total. The molecule has 0 saturated carbocycles. The van der Waals surface area contributed by atoms with Crippen LogP contribution in [0.25, 0.3) is 0 Å². The number of halogens is 1. The minimum Gasteiger partial charge on any atom is -0.310 e. The van der Waals surface area contributed by atoms with Crippen molar-refractivity contribution in [2.45, 2.75) is 50.3 Å². The molecule has 1 aromatic rings. The number of thioether (sulfide) groups is 1. The molecule has 96 valence electrons. The number of nitrogens with one attached hydrogen (secondary N) is 1. The largest absolute Gasteiger partial charge is 0.310 e. The third kappa shape index (κ3) is 4.68. The SMILES string of the molecule is CCCNC(C)c1ccc(SC(C)C)c(F)c1. The van der Waals surface area contributed by atoms with Gasteiger partial charge in [0, 0.05) is 16.2 Å². The maximum Gasteiger partial charge on any atom is 0.137 e. The first-order valence-electron chi connectivity index (χ1n) is 6.24. The molecule has 0 radical (unpaired) electrons. The fourth-order valence-electron chi connectivity index (χ4n) is 1.61. The standard InChI is InChI=1S/C14H22FNS/c1-5-8-16-11(4)12-6-7-14(13(15)9-12)17-10(2)3/h6-7,9-11,16H,5,8H2,1-4H3. The van der Waals surface area contributed by atoms with Crippen LogP contribution in [0.15, 0.2) is 23.1 Å². The molecule has 0 aliphatic carbocycles. The second kappa shape index (κ2) is 7.02. The van der Waals surface area contributed by atoms with Gasteiger partial charge >= 0.3 is 0 Å². The molecular formula is C14H22FNS. The van der Waals surface area contributed by atoms with Crippen LogP contribution in [0.1, 0.15) is 45.7 Å². The van der Waals surface area contributed by atoms with E-state index >= 15 is 0 Å². The monoisotopic (exact) mass is 255 g/mol. The summed E-state index contributed by atoms with van der Waals surface area (Å²) in [6, 6.07) is 5.76. The first-order valence-corrected chi connectivity index (χ1v) is 7.12. The van der Waals surface area contributed by atoms with E-state index < -0.39 is 0 Å². The van der Waals surface area contributed by atoms with Crippen LogP contribution in [0.4, 0.5) is 4.39 Å². The molecule has 1 atom stereocenters. The summed E-state index contributed by atoms with van der Waals surface area (Å²) in [5.74, 6) is -0.105. The summed E-state index contributed by atoms with van der Waals surface area (Å²) in [7, 11) is 0. The molecule has 0 saturated heterocycles. The van der Waals surface area contributed by atoms with E-state index in [0.29, 0.717) is 5.25 Å². The molecule has 0 spiro atoms. The van der Waals surface area contributed by atoms with E-state index in [1.807, 2.05) is 12.1 Å². The Morgan fingerprint density at radius 1 is 1.29 bits per heavy atom. The highest BCUT2D eigenvalue weighted by Crippen LogP contribution is 2.27. The summed E-state index contributed by atoms with van der Waals surface area (Å²) < 4.78 is 13.8. The minimum atomic E-state index is -0.105. The number of hydrogen-bond donors (Lipinski definition) is 1. The van der Waals surface area contributed by atoms with Gasteiger partial charge in [-0.05, 0) is 37.6 Å². The van der Waals surface area contributed by atoms with E-state index in [1.165, 1.54) is 0 Å². The molecule has 1 unspecified atom stereocenters. The molecule has 0 heterocycles. The Hall–Kier alpha value is -0.540. The second-order valence-corrected chi connectivity index (χ2v) is 6.15. The Balaban J connectivity index is 2.73. The lowest BCUT2D eigenvalue weighted by Gasteiger charge is -2.15. The van der Waals surface area contributed by atoms with E-state index in [2.05, 4.69) is 33.0 Å². The Morgan fingerprint density at radius 3 is 2.53 bits per heavy atom. The van der Waals surface area contributed by atoms with E-state index in [-0.39, 0.29) is 11.9 Å². The highest BCUT2D eigenvalue weighted by atomic mass is 32.2. The molecule has 0 aromatic heterocycles. The van der Waals surface area contributed by atoms with Crippen molar-refractivity contribution in [2.24, 2.45) is 0 Å². The van der Waals surface area contributed by atoms with Gasteiger partial charge in [0.15, 0.2) is 0 Å². The lowest BCUT2D eigenvalue weighted by Crippen LogP contribution is -2.19. The molecule has 1 nitrogen and oxygen atoms in total. The first kappa shape index (κ1) is 14.5. The summed E-state index contributed by atoms with van der Waals surface area (Å²) in [4.78, 5) is 0.742. The zero-order chi connectivity index (χ0) is 12.8. The molecule has 1 aromatic carbocycles. The topological polar surface area (TPSA) is 12.0 Å². The van der Waals surface area contributed by atoms with Crippen molar-refractivity contribution in [3.63, 3.8) is 0 Å². The highest BCUT2D eigenvalue weighted by Gasteiger charge is 2.09. The van der Waals surface area contributed by atoms with Gasteiger partial charge < -0.3 is 5.32 Å². The van der Waals surface area contributed by atoms with Gasteiger partial charge in [0.05, 0.1) is 0 Å². The van der Waals surface area contributed by atoms with Crippen LogP contribution >= 0.6 is 11.8 Å². The average molecular weight is 255 g/mol. The fourth-order valence-corrected chi connectivity index (χ4v) is 2.44. The van der Waals surface area contributed by atoms with Gasteiger partial charge in [-0.25, -0.2) is 4.39 Å². The van der Waals surface area contributed by atoms with Gasteiger partial charge in [-0.15, -0.1) is 11.8 Å². The van der Waals surface area contributed by atoms with Crippen LogP contribution in [0.2, 0.25) is 0 Å².